The molecule has 8 atom stereocenters. The van der Waals surface area contributed by atoms with Crippen molar-refractivity contribution in [2.24, 2.45) is 23.7 Å². The zero-order valence-corrected chi connectivity index (χ0v) is 40.6. The Morgan fingerprint density at radius 3 is 1.40 bits per heavy atom. The van der Waals surface area contributed by atoms with Crippen molar-refractivity contribution in [1.29, 1.82) is 0 Å². The summed E-state index contributed by atoms with van der Waals surface area (Å²) < 4.78 is 14.0. The van der Waals surface area contributed by atoms with Gasteiger partial charge in [-0.1, -0.05) is 72.8 Å². The minimum atomic E-state index is -0.460. The van der Waals surface area contributed by atoms with E-state index in [0.717, 1.165) is 35.6 Å². The molecule has 0 radical (unpaired) electrons. The molecule has 2 saturated heterocycles. The van der Waals surface area contributed by atoms with Crippen molar-refractivity contribution in [3.8, 4) is 0 Å². The first kappa shape index (κ1) is 47.4. The number of allylic oxidation sites excluding steroid dienone is 2. The first-order valence-corrected chi connectivity index (χ1v) is 25.1. The molecule has 2 amide bonds. The van der Waals surface area contributed by atoms with Gasteiger partial charge in [0.15, 0.2) is 12.8 Å². The third kappa shape index (κ3) is 8.29. The summed E-state index contributed by atoms with van der Waals surface area (Å²) in [6.07, 6.45) is 15.0. The van der Waals surface area contributed by atoms with E-state index < -0.39 is 11.8 Å². The lowest BCUT2D eigenvalue weighted by Crippen LogP contribution is -2.46. The molecule has 2 N–H and O–H groups in total. The van der Waals surface area contributed by atoms with E-state index in [1.165, 1.54) is 35.0 Å². The molecule has 0 saturated carbocycles. The number of carbonyl (C=O) groups excluding carboxylic acids is 2. The highest BCUT2D eigenvalue weighted by Crippen LogP contribution is 2.51. The van der Waals surface area contributed by atoms with Crippen LogP contribution in [0, 0.1) is 23.7 Å². The molecule has 0 unspecified atom stereocenters. The molecule has 2 fully saturated rings. The van der Waals surface area contributed by atoms with Gasteiger partial charge in [-0.15, -0.1) is 0 Å². The van der Waals surface area contributed by atoms with Crippen LogP contribution >= 0.6 is 0 Å². The number of fused-ring (bicyclic) bond motifs is 10. The summed E-state index contributed by atoms with van der Waals surface area (Å²) in [5.74, 6) is -1.43. The molecule has 6 aromatic rings. The lowest BCUT2D eigenvalue weighted by molar-refractivity contribution is -0.140. The second kappa shape index (κ2) is 19.9. The van der Waals surface area contributed by atoms with Crippen LogP contribution in [0.25, 0.3) is 12.2 Å². The van der Waals surface area contributed by atoms with E-state index in [2.05, 4.69) is 44.0 Å². The Hall–Kier alpha value is -6.98. The van der Waals surface area contributed by atoms with E-state index in [-0.39, 0.29) is 72.1 Å². The molecule has 6 aliphatic heterocycles. The molecular formula is C56H60N8O8. The van der Waals surface area contributed by atoms with Gasteiger partial charge in [0.1, 0.15) is 12.5 Å². The maximum Gasteiger partial charge on any atom is 0.258 e. The number of nitrogens with zero attached hydrogens (tertiary/aromatic N) is 8. The van der Waals surface area contributed by atoms with Gasteiger partial charge in [0.25, 0.3) is 11.1 Å². The van der Waals surface area contributed by atoms with Gasteiger partial charge < -0.3 is 38.0 Å². The number of aliphatic hydroxyl groups is 2. The van der Waals surface area contributed by atoms with E-state index in [9.17, 15) is 29.4 Å². The summed E-state index contributed by atoms with van der Waals surface area (Å²) in [5, 5.41) is 21.2. The molecule has 372 valence electrons. The lowest BCUT2D eigenvalue weighted by atomic mass is 9.85. The maximum atomic E-state index is 14.2. The molecule has 16 nitrogen and oxygen atoms in total. The molecule has 4 aromatic heterocycles. The van der Waals surface area contributed by atoms with Crippen molar-refractivity contribution in [2.45, 2.75) is 90.1 Å². The largest absolute Gasteiger partial charge is 0.451 e. The minimum Gasteiger partial charge on any atom is -0.451 e. The predicted molar refractivity (Wildman–Crippen MR) is 267 cm³/mol. The summed E-state index contributed by atoms with van der Waals surface area (Å²) in [5.41, 5.74) is 9.22. The first-order valence-electron chi connectivity index (χ1n) is 25.1. The molecule has 12 rings (SSSR count). The third-order valence-electron chi connectivity index (χ3n) is 16.2. The van der Waals surface area contributed by atoms with Gasteiger partial charge in [0.05, 0.1) is 35.3 Å². The number of carbonyl (C=O) groups is 2. The van der Waals surface area contributed by atoms with E-state index in [4.69, 9.17) is 8.83 Å². The smallest absolute Gasteiger partial charge is 0.258 e. The standard InChI is InChI=1S/2C28H30N4O4/c2*1-2-5-19-8-9-23-26-25(28(35)30-11-10-18-6-3-4-7-20(18)12-30)22(15-33)24(14-32(23)27(19)34)31(26)13-21-16-36-17-29-21/h2*2-9,16-17,22,24-26,33H,10-15H2,1H3/b5-2+;5-2-/t2*22-,24-,25+,26+/m11/s1. The van der Waals surface area contributed by atoms with Crippen LogP contribution in [0.4, 0.5) is 0 Å². The summed E-state index contributed by atoms with van der Waals surface area (Å²) in [6, 6.07) is 23.1. The highest BCUT2D eigenvalue weighted by molar-refractivity contribution is 5.82. The van der Waals surface area contributed by atoms with Gasteiger partial charge in [-0.25, -0.2) is 9.97 Å². The highest BCUT2D eigenvalue weighted by Gasteiger charge is 2.58. The SMILES string of the molecule is C/C=C/c1ccc2n(c1=O)C[C@@H]1[C@@H](CO)[C@H](C(=O)N3CCc4ccccc4C3)[C@H]2N1Cc1cocn1.C/C=C\c1ccc2n(c1=O)C[C@@H]1[C@@H](CO)[C@H](C(=O)N3CCc4ccccc4C3)[C@H]2N1Cc1cocn1. The van der Waals surface area contributed by atoms with Crippen LogP contribution < -0.4 is 11.1 Å². The van der Waals surface area contributed by atoms with Gasteiger partial charge in [0, 0.05) is 112 Å². The van der Waals surface area contributed by atoms with Crippen molar-refractivity contribution in [3.63, 3.8) is 0 Å². The van der Waals surface area contributed by atoms with Gasteiger partial charge >= 0.3 is 0 Å². The van der Waals surface area contributed by atoms with Crippen molar-refractivity contribution in [2.75, 3.05) is 26.3 Å². The second-order valence-corrected chi connectivity index (χ2v) is 19.9. The number of aliphatic hydroxyl groups excluding tert-OH is 2. The van der Waals surface area contributed by atoms with Gasteiger partial charge in [0.2, 0.25) is 11.8 Å². The lowest BCUT2D eigenvalue weighted by Gasteiger charge is -2.38. The Labute approximate surface area is 417 Å². The van der Waals surface area contributed by atoms with Crippen molar-refractivity contribution in [3.05, 3.63) is 187 Å². The quantitative estimate of drug-likeness (QED) is 0.183. The number of rotatable bonds is 10. The number of benzene rings is 2. The van der Waals surface area contributed by atoms with Gasteiger partial charge in [-0.05, 0) is 73.2 Å². The summed E-state index contributed by atoms with van der Waals surface area (Å²) in [7, 11) is 0. The molecule has 10 heterocycles. The number of oxazole rings is 2. The van der Waals surface area contributed by atoms with Crippen molar-refractivity contribution >= 4 is 24.0 Å². The Bertz CT molecular complexity index is 2930. The van der Waals surface area contributed by atoms with Crippen LogP contribution in [0.2, 0.25) is 0 Å². The molecule has 0 spiro atoms. The number of hydrogen-bond donors (Lipinski definition) is 2. The highest BCUT2D eigenvalue weighted by atomic mass is 16.3. The Balaban J connectivity index is 0.000000156. The summed E-state index contributed by atoms with van der Waals surface area (Å²) >= 11 is 0. The van der Waals surface area contributed by atoms with Crippen LogP contribution in [0.3, 0.4) is 0 Å². The van der Waals surface area contributed by atoms with E-state index >= 15 is 0 Å². The molecule has 72 heavy (non-hydrogen) atoms. The third-order valence-corrected chi connectivity index (χ3v) is 16.2. The molecule has 2 aromatic carbocycles. The fraction of sp³-hybridized carbons (Fsp3) is 0.393. The van der Waals surface area contributed by atoms with Crippen LogP contribution in [-0.2, 0) is 61.7 Å². The molecule has 6 aliphatic rings. The van der Waals surface area contributed by atoms with E-state index in [1.54, 1.807) is 12.5 Å². The van der Waals surface area contributed by atoms with Crippen molar-refractivity contribution < 1.29 is 28.6 Å². The molecule has 4 bridgehead atoms. The Kier molecular flexibility index (Phi) is 13.1. The van der Waals surface area contributed by atoms with Crippen LogP contribution in [0.5, 0.6) is 0 Å². The topological polar surface area (TPSA) is 184 Å². The van der Waals surface area contributed by atoms with Crippen LogP contribution in [0.1, 0.15) is 82.1 Å². The van der Waals surface area contributed by atoms with E-state index in [0.29, 0.717) is 63.5 Å². The normalized spacial score (nSPS) is 25.2. The first-order chi connectivity index (χ1) is 35.2. The summed E-state index contributed by atoms with van der Waals surface area (Å²) in [6.45, 7) is 7.78. The number of amides is 2. The maximum absolute atomic E-state index is 14.2. The number of aromatic nitrogens is 4. The number of pyridine rings is 2. The summed E-state index contributed by atoms with van der Waals surface area (Å²) in [4.78, 5) is 72.1. The Morgan fingerprint density at radius 1 is 0.611 bits per heavy atom. The average molecular weight is 973 g/mol. The predicted octanol–water partition coefficient (Wildman–Crippen LogP) is 5.24. The molecule has 16 heteroatoms. The average Bonchev–Trinajstić information content (AvgIpc) is 4.21. The fourth-order valence-corrected chi connectivity index (χ4v) is 12.9. The Morgan fingerprint density at radius 2 is 1.03 bits per heavy atom. The molecule has 0 aliphatic carbocycles. The number of hydrogen-bond acceptors (Lipinski definition) is 12. The van der Waals surface area contributed by atoms with E-state index in [1.807, 2.05) is 106 Å². The zero-order chi connectivity index (χ0) is 49.6. The van der Waals surface area contributed by atoms with Crippen molar-refractivity contribution in [1.82, 2.24) is 38.7 Å². The minimum absolute atomic E-state index is 0.0413. The monoisotopic (exact) mass is 972 g/mol. The molecular weight excluding hydrogens is 913 g/mol. The van der Waals surface area contributed by atoms with Gasteiger partial charge in [-0.3, -0.25) is 29.0 Å². The van der Waals surface area contributed by atoms with Gasteiger partial charge in [-0.2, -0.15) is 0 Å². The fourth-order valence-electron chi connectivity index (χ4n) is 12.9. The van der Waals surface area contributed by atoms with Crippen LogP contribution in [-0.4, -0.2) is 99.1 Å². The van der Waals surface area contributed by atoms with Crippen LogP contribution in [0.15, 0.2) is 129 Å². The zero-order valence-electron chi connectivity index (χ0n) is 40.6. The second-order valence-electron chi connectivity index (χ2n) is 19.9.